The van der Waals surface area contributed by atoms with E-state index in [0.717, 1.165) is 24.2 Å². The second kappa shape index (κ2) is 6.24. The fraction of sp³-hybridized carbons (Fsp3) is 0.235. The molecule has 0 aromatic heterocycles. The molecule has 2 aromatic carbocycles. The Labute approximate surface area is 119 Å². The smallest absolute Gasteiger partial charge is 0.335 e. The van der Waals surface area contributed by atoms with Crippen LogP contribution in [0.25, 0.3) is 0 Å². The minimum atomic E-state index is -0.889. The van der Waals surface area contributed by atoms with Crippen molar-refractivity contribution in [3.8, 4) is 0 Å². The molecule has 2 rings (SSSR count). The zero-order chi connectivity index (χ0) is 14.5. The highest BCUT2D eigenvalue weighted by Crippen LogP contribution is 2.16. The van der Waals surface area contributed by atoms with Gasteiger partial charge in [-0.3, -0.25) is 0 Å². The van der Waals surface area contributed by atoms with Gasteiger partial charge in [0.2, 0.25) is 0 Å². The van der Waals surface area contributed by atoms with E-state index in [4.69, 9.17) is 5.11 Å². The van der Waals surface area contributed by atoms with Gasteiger partial charge in [0.1, 0.15) is 0 Å². The van der Waals surface area contributed by atoms with Crippen LogP contribution in [0.3, 0.4) is 0 Å². The van der Waals surface area contributed by atoms with E-state index in [1.54, 1.807) is 12.1 Å². The van der Waals surface area contributed by atoms with Crippen molar-refractivity contribution in [3.63, 3.8) is 0 Å². The molecular formula is C17H19NO2. The SMILES string of the molecule is Cc1cccc(CCNc2ccc(C(=O)O)cc2C)c1. The molecule has 0 saturated carbocycles. The Morgan fingerprint density at radius 1 is 1.15 bits per heavy atom. The van der Waals surface area contributed by atoms with Gasteiger partial charge in [0.15, 0.2) is 0 Å². The Kier molecular flexibility index (Phi) is 4.41. The molecule has 0 fully saturated rings. The maximum Gasteiger partial charge on any atom is 0.335 e. The highest BCUT2D eigenvalue weighted by Gasteiger charge is 2.05. The third-order valence-electron chi connectivity index (χ3n) is 3.28. The first-order valence-electron chi connectivity index (χ1n) is 6.69. The van der Waals surface area contributed by atoms with E-state index in [9.17, 15) is 4.79 Å². The van der Waals surface area contributed by atoms with Crippen LogP contribution >= 0.6 is 0 Å². The van der Waals surface area contributed by atoms with Crippen LogP contribution in [0.2, 0.25) is 0 Å². The predicted octanol–water partition coefficient (Wildman–Crippen LogP) is 3.66. The normalized spacial score (nSPS) is 10.3. The molecule has 0 radical (unpaired) electrons. The summed E-state index contributed by atoms with van der Waals surface area (Å²) in [6, 6.07) is 13.6. The van der Waals surface area contributed by atoms with Gasteiger partial charge in [-0.05, 0) is 49.6 Å². The number of benzene rings is 2. The number of carboxylic acid groups (broad SMARTS) is 1. The van der Waals surface area contributed by atoms with Crippen molar-refractivity contribution in [1.82, 2.24) is 0 Å². The van der Waals surface area contributed by atoms with Gasteiger partial charge < -0.3 is 10.4 Å². The summed E-state index contributed by atoms with van der Waals surface area (Å²) in [5, 5.41) is 12.3. The van der Waals surface area contributed by atoms with E-state index in [2.05, 4.69) is 36.5 Å². The van der Waals surface area contributed by atoms with Gasteiger partial charge in [-0.15, -0.1) is 0 Å². The summed E-state index contributed by atoms with van der Waals surface area (Å²) in [5.41, 5.74) is 4.84. The topological polar surface area (TPSA) is 49.3 Å². The summed E-state index contributed by atoms with van der Waals surface area (Å²) in [7, 11) is 0. The Hall–Kier alpha value is -2.29. The largest absolute Gasteiger partial charge is 0.478 e. The Bertz CT molecular complexity index is 620. The second-order valence-corrected chi connectivity index (χ2v) is 5.00. The molecule has 20 heavy (non-hydrogen) atoms. The number of aromatic carboxylic acids is 1. The molecule has 0 heterocycles. The minimum absolute atomic E-state index is 0.326. The maximum atomic E-state index is 10.9. The second-order valence-electron chi connectivity index (χ2n) is 5.00. The lowest BCUT2D eigenvalue weighted by molar-refractivity contribution is 0.0697. The fourth-order valence-electron chi connectivity index (χ4n) is 2.20. The van der Waals surface area contributed by atoms with Crippen molar-refractivity contribution in [3.05, 3.63) is 64.7 Å². The summed E-state index contributed by atoms with van der Waals surface area (Å²) in [6.45, 7) is 4.84. The first kappa shape index (κ1) is 14.1. The average molecular weight is 269 g/mol. The maximum absolute atomic E-state index is 10.9. The zero-order valence-corrected chi connectivity index (χ0v) is 11.8. The van der Waals surface area contributed by atoms with Crippen molar-refractivity contribution < 1.29 is 9.90 Å². The van der Waals surface area contributed by atoms with E-state index in [1.165, 1.54) is 11.1 Å². The summed E-state index contributed by atoms with van der Waals surface area (Å²) < 4.78 is 0. The zero-order valence-electron chi connectivity index (χ0n) is 11.8. The van der Waals surface area contributed by atoms with Gasteiger partial charge in [-0.2, -0.15) is 0 Å². The van der Waals surface area contributed by atoms with Crippen LogP contribution in [0.4, 0.5) is 5.69 Å². The number of carbonyl (C=O) groups is 1. The van der Waals surface area contributed by atoms with Crippen molar-refractivity contribution in [2.45, 2.75) is 20.3 Å². The molecule has 0 bridgehead atoms. The molecular weight excluding hydrogens is 250 g/mol. The highest BCUT2D eigenvalue weighted by molar-refractivity contribution is 5.88. The van der Waals surface area contributed by atoms with Crippen molar-refractivity contribution in [2.24, 2.45) is 0 Å². The van der Waals surface area contributed by atoms with Gasteiger partial charge in [0, 0.05) is 12.2 Å². The summed E-state index contributed by atoms with van der Waals surface area (Å²) >= 11 is 0. The molecule has 0 atom stereocenters. The van der Waals surface area contributed by atoms with Crippen LogP contribution in [0.5, 0.6) is 0 Å². The first-order chi connectivity index (χ1) is 9.56. The molecule has 0 aliphatic rings. The molecule has 0 amide bonds. The van der Waals surface area contributed by atoms with Gasteiger partial charge in [-0.25, -0.2) is 4.79 Å². The molecule has 0 saturated heterocycles. The number of hydrogen-bond acceptors (Lipinski definition) is 2. The summed E-state index contributed by atoms with van der Waals surface area (Å²) in [5.74, 6) is -0.889. The number of anilines is 1. The number of carboxylic acids is 1. The minimum Gasteiger partial charge on any atom is -0.478 e. The predicted molar refractivity (Wildman–Crippen MR) is 81.5 cm³/mol. The molecule has 0 aliphatic carbocycles. The van der Waals surface area contributed by atoms with Crippen LogP contribution in [0, 0.1) is 13.8 Å². The van der Waals surface area contributed by atoms with Crippen molar-refractivity contribution in [1.29, 1.82) is 0 Å². The molecule has 3 nitrogen and oxygen atoms in total. The standard InChI is InChI=1S/C17H19NO2/c1-12-4-3-5-14(10-12)8-9-18-16-7-6-15(17(19)20)11-13(16)2/h3-7,10-11,18H,8-9H2,1-2H3,(H,19,20). The van der Waals surface area contributed by atoms with Gasteiger partial charge in [-0.1, -0.05) is 29.8 Å². The molecule has 0 spiro atoms. The number of nitrogens with one attached hydrogen (secondary N) is 1. The molecule has 104 valence electrons. The fourth-order valence-corrected chi connectivity index (χ4v) is 2.20. The molecule has 0 aliphatic heterocycles. The lowest BCUT2D eigenvalue weighted by Crippen LogP contribution is -2.07. The number of rotatable bonds is 5. The molecule has 0 unspecified atom stereocenters. The van der Waals surface area contributed by atoms with E-state index >= 15 is 0 Å². The monoisotopic (exact) mass is 269 g/mol. The van der Waals surface area contributed by atoms with Crippen LogP contribution in [0.15, 0.2) is 42.5 Å². The molecule has 3 heteroatoms. The highest BCUT2D eigenvalue weighted by atomic mass is 16.4. The summed E-state index contributed by atoms with van der Waals surface area (Å²) in [6.07, 6.45) is 0.946. The third-order valence-corrected chi connectivity index (χ3v) is 3.28. The van der Waals surface area contributed by atoms with Crippen LogP contribution < -0.4 is 5.32 Å². The average Bonchev–Trinajstić information content (AvgIpc) is 2.40. The van der Waals surface area contributed by atoms with E-state index in [1.807, 2.05) is 13.0 Å². The van der Waals surface area contributed by atoms with Gasteiger partial charge in [0.25, 0.3) is 0 Å². The van der Waals surface area contributed by atoms with E-state index in [-0.39, 0.29) is 0 Å². The lowest BCUT2D eigenvalue weighted by atomic mass is 10.1. The Morgan fingerprint density at radius 3 is 2.60 bits per heavy atom. The van der Waals surface area contributed by atoms with Crippen molar-refractivity contribution >= 4 is 11.7 Å². The Morgan fingerprint density at radius 2 is 1.95 bits per heavy atom. The quantitative estimate of drug-likeness (QED) is 0.871. The summed E-state index contributed by atoms with van der Waals surface area (Å²) in [4.78, 5) is 10.9. The Balaban J connectivity index is 1.96. The number of hydrogen-bond donors (Lipinski definition) is 2. The molecule has 2 N–H and O–H groups in total. The van der Waals surface area contributed by atoms with Crippen molar-refractivity contribution in [2.75, 3.05) is 11.9 Å². The van der Waals surface area contributed by atoms with Crippen LogP contribution in [-0.4, -0.2) is 17.6 Å². The first-order valence-corrected chi connectivity index (χ1v) is 6.69. The van der Waals surface area contributed by atoms with Gasteiger partial charge >= 0.3 is 5.97 Å². The lowest BCUT2D eigenvalue weighted by Gasteiger charge is -2.10. The third kappa shape index (κ3) is 3.60. The van der Waals surface area contributed by atoms with E-state index < -0.39 is 5.97 Å². The molecule has 2 aromatic rings. The van der Waals surface area contributed by atoms with Crippen LogP contribution in [-0.2, 0) is 6.42 Å². The van der Waals surface area contributed by atoms with Crippen LogP contribution in [0.1, 0.15) is 27.0 Å². The van der Waals surface area contributed by atoms with E-state index in [0.29, 0.717) is 5.56 Å². The van der Waals surface area contributed by atoms with Gasteiger partial charge in [0.05, 0.1) is 5.56 Å². The number of aryl methyl sites for hydroxylation is 2.